The quantitative estimate of drug-likeness (QED) is 0.686. The minimum absolute atomic E-state index is 0. The summed E-state index contributed by atoms with van der Waals surface area (Å²) in [7, 11) is 1.41. The lowest BCUT2D eigenvalue weighted by Gasteiger charge is -2.27. The van der Waals surface area contributed by atoms with Crippen LogP contribution in [0.5, 0.6) is 5.88 Å². The second-order valence-electron chi connectivity index (χ2n) is 5.96. The number of hydrogen-bond donors (Lipinski definition) is 3. The number of amides is 2. The van der Waals surface area contributed by atoms with Gasteiger partial charge >= 0.3 is 0 Å². The van der Waals surface area contributed by atoms with Crippen molar-refractivity contribution in [3.63, 3.8) is 0 Å². The van der Waals surface area contributed by atoms with Gasteiger partial charge in [0.05, 0.1) is 19.0 Å². The first-order valence-corrected chi connectivity index (χ1v) is 7.85. The molecule has 1 atom stereocenters. The minimum Gasteiger partial charge on any atom is -0.480 e. The van der Waals surface area contributed by atoms with Gasteiger partial charge in [-0.3, -0.25) is 9.59 Å². The zero-order chi connectivity index (χ0) is 16.8. The summed E-state index contributed by atoms with van der Waals surface area (Å²) >= 11 is 0. The van der Waals surface area contributed by atoms with E-state index >= 15 is 0 Å². The van der Waals surface area contributed by atoms with Gasteiger partial charge in [-0.05, 0) is 43.8 Å². The zero-order valence-electron chi connectivity index (χ0n) is 14.4. The van der Waals surface area contributed by atoms with Crippen molar-refractivity contribution in [1.29, 1.82) is 0 Å². The number of piperidine rings is 1. The van der Waals surface area contributed by atoms with Gasteiger partial charge in [0.25, 0.3) is 5.91 Å². The number of carbonyl (C=O) groups excluding carboxylic acids is 2. The van der Waals surface area contributed by atoms with Crippen LogP contribution in [-0.4, -0.2) is 37.0 Å². The predicted octanol–water partition coefficient (Wildman–Crippen LogP) is 2.00. The molecule has 0 spiro atoms. The number of ether oxygens (including phenoxy) is 1. The third-order valence-electron chi connectivity index (χ3n) is 4.29. The fourth-order valence-electron chi connectivity index (χ4n) is 2.94. The fraction of sp³-hybridized carbons (Fsp3) is 0.562. The van der Waals surface area contributed by atoms with Gasteiger partial charge in [-0.15, -0.1) is 24.8 Å². The number of primary amides is 1. The van der Waals surface area contributed by atoms with Gasteiger partial charge in [0.2, 0.25) is 11.8 Å². The van der Waals surface area contributed by atoms with E-state index in [0.29, 0.717) is 23.9 Å². The number of methoxy groups -OCH3 is 1. The Morgan fingerprint density at radius 3 is 2.60 bits per heavy atom. The summed E-state index contributed by atoms with van der Waals surface area (Å²) in [6, 6.07) is 1.49. The van der Waals surface area contributed by atoms with E-state index in [2.05, 4.69) is 22.5 Å². The SMILES string of the molecule is COc1ncc(NC(=O)CC(C)C2CCNCC2)cc1C(N)=O.Cl.Cl. The molecule has 2 heterocycles. The molecule has 1 aromatic heterocycles. The average molecular weight is 393 g/mol. The van der Waals surface area contributed by atoms with Crippen molar-refractivity contribution in [2.45, 2.75) is 26.2 Å². The van der Waals surface area contributed by atoms with Crippen LogP contribution < -0.4 is 21.1 Å². The molecular weight excluding hydrogens is 367 g/mol. The van der Waals surface area contributed by atoms with Crippen LogP contribution in [0, 0.1) is 11.8 Å². The molecular formula is C16H26Cl2N4O3. The fourth-order valence-corrected chi connectivity index (χ4v) is 2.94. The number of halogens is 2. The Morgan fingerprint density at radius 1 is 1.40 bits per heavy atom. The molecule has 1 aliphatic heterocycles. The Labute approximate surface area is 160 Å². The topological polar surface area (TPSA) is 106 Å². The molecule has 0 aromatic carbocycles. The normalized spacial score (nSPS) is 15.3. The molecule has 1 unspecified atom stereocenters. The van der Waals surface area contributed by atoms with Crippen LogP contribution in [0.15, 0.2) is 12.3 Å². The van der Waals surface area contributed by atoms with Gasteiger partial charge in [-0.25, -0.2) is 4.98 Å². The Morgan fingerprint density at radius 2 is 2.04 bits per heavy atom. The van der Waals surface area contributed by atoms with Gasteiger partial charge < -0.3 is 21.1 Å². The van der Waals surface area contributed by atoms with Crippen molar-refractivity contribution < 1.29 is 14.3 Å². The van der Waals surface area contributed by atoms with Gasteiger partial charge in [0.1, 0.15) is 5.56 Å². The maximum Gasteiger partial charge on any atom is 0.254 e. The van der Waals surface area contributed by atoms with E-state index < -0.39 is 5.91 Å². The molecule has 4 N–H and O–H groups in total. The Hall–Kier alpha value is -1.57. The third kappa shape index (κ3) is 6.68. The number of nitrogens with two attached hydrogens (primary N) is 1. The summed E-state index contributed by atoms with van der Waals surface area (Å²) in [5.74, 6) is 0.307. The first kappa shape index (κ1) is 23.4. The number of pyridine rings is 1. The van der Waals surface area contributed by atoms with Gasteiger partial charge in [-0.2, -0.15) is 0 Å². The summed E-state index contributed by atoms with van der Waals surface area (Å²) in [6.07, 6.45) is 4.11. The number of nitrogens with one attached hydrogen (secondary N) is 2. The van der Waals surface area contributed by atoms with Crippen LogP contribution in [0.4, 0.5) is 5.69 Å². The van der Waals surface area contributed by atoms with Crippen LogP contribution in [0.2, 0.25) is 0 Å². The summed E-state index contributed by atoms with van der Waals surface area (Å²) in [4.78, 5) is 27.6. The van der Waals surface area contributed by atoms with E-state index in [9.17, 15) is 9.59 Å². The largest absolute Gasteiger partial charge is 0.480 e. The maximum atomic E-state index is 12.2. The van der Waals surface area contributed by atoms with E-state index in [-0.39, 0.29) is 42.2 Å². The molecule has 1 aliphatic rings. The monoisotopic (exact) mass is 392 g/mol. The zero-order valence-corrected chi connectivity index (χ0v) is 16.0. The molecule has 25 heavy (non-hydrogen) atoms. The molecule has 142 valence electrons. The second-order valence-corrected chi connectivity index (χ2v) is 5.96. The maximum absolute atomic E-state index is 12.2. The summed E-state index contributed by atoms with van der Waals surface area (Å²) in [6.45, 7) is 4.14. The van der Waals surface area contributed by atoms with Crippen molar-refractivity contribution >= 4 is 42.3 Å². The third-order valence-corrected chi connectivity index (χ3v) is 4.29. The van der Waals surface area contributed by atoms with Crippen LogP contribution in [0.1, 0.15) is 36.5 Å². The highest BCUT2D eigenvalue weighted by atomic mass is 35.5. The molecule has 9 heteroatoms. The molecule has 2 rings (SSSR count). The highest BCUT2D eigenvalue weighted by molar-refractivity contribution is 5.97. The van der Waals surface area contributed by atoms with Crippen molar-refractivity contribution in [2.24, 2.45) is 17.6 Å². The van der Waals surface area contributed by atoms with Crippen molar-refractivity contribution in [2.75, 3.05) is 25.5 Å². The molecule has 0 saturated carbocycles. The first-order chi connectivity index (χ1) is 11.0. The van der Waals surface area contributed by atoms with E-state index in [0.717, 1.165) is 25.9 Å². The van der Waals surface area contributed by atoms with Gasteiger partial charge in [-0.1, -0.05) is 6.92 Å². The van der Waals surface area contributed by atoms with Gasteiger partial charge in [0, 0.05) is 6.42 Å². The Balaban J connectivity index is 0.00000288. The van der Waals surface area contributed by atoms with Crippen LogP contribution in [0.3, 0.4) is 0 Å². The standard InChI is InChI=1S/C16H24N4O3.2ClH/c1-10(11-3-5-18-6-4-11)7-14(21)20-12-8-13(15(17)22)16(23-2)19-9-12;;/h8-11,18H,3-7H2,1-2H3,(H2,17,22)(H,20,21);2*1H. The molecule has 1 fully saturated rings. The number of aromatic nitrogens is 1. The predicted molar refractivity (Wildman–Crippen MR) is 102 cm³/mol. The van der Waals surface area contributed by atoms with E-state index in [1.54, 1.807) is 0 Å². The molecule has 0 bridgehead atoms. The molecule has 2 amide bonds. The van der Waals surface area contributed by atoms with Crippen molar-refractivity contribution in [3.05, 3.63) is 17.8 Å². The molecule has 0 aliphatic carbocycles. The van der Waals surface area contributed by atoms with E-state index in [1.807, 2.05) is 0 Å². The second kappa shape index (κ2) is 11.1. The lowest BCUT2D eigenvalue weighted by molar-refractivity contribution is -0.117. The molecule has 1 aromatic rings. The summed E-state index contributed by atoms with van der Waals surface area (Å²) < 4.78 is 4.98. The number of nitrogens with zero attached hydrogens (tertiary/aromatic N) is 1. The van der Waals surface area contributed by atoms with Crippen molar-refractivity contribution in [1.82, 2.24) is 10.3 Å². The Bertz CT molecular complexity index is 580. The number of carbonyl (C=O) groups is 2. The number of anilines is 1. The lowest BCUT2D eigenvalue weighted by atomic mass is 9.84. The summed E-state index contributed by atoms with van der Waals surface area (Å²) in [5, 5.41) is 6.10. The highest BCUT2D eigenvalue weighted by Gasteiger charge is 2.22. The molecule has 0 radical (unpaired) electrons. The van der Waals surface area contributed by atoms with Crippen LogP contribution in [-0.2, 0) is 4.79 Å². The number of rotatable bonds is 6. The Kier molecular flexibility index (Phi) is 10.4. The van der Waals surface area contributed by atoms with E-state index in [1.165, 1.54) is 19.4 Å². The smallest absolute Gasteiger partial charge is 0.254 e. The average Bonchev–Trinajstić information content (AvgIpc) is 2.55. The van der Waals surface area contributed by atoms with Gasteiger partial charge in [0.15, 0.2) is 0 Å². The van der Waals surface area contributed by atoms with Crippen molar-refractivity contribution in [3.8, 4) is 5.88 Å². The lowest BCUT2D eigenvalue weighted by Crippen LogP contribution is -2.32. The molecule has 1 saturated heterocycles. The van der Waals surface area contributed by atoms with Crippen LogP contribution in [0.25, 0.3) is 0 Å². The van der Waals surface area contributed by atoms with Crippen LogP contribution >= 0.6 is 24.8 Å². The first-order valence-electron chi connectivity index (χ1n) is 7.85. The number of hydrogen-bond acceptors (Lipinski definition) is 5. The van der Waals surface area contributed by atoms with E-state index in [4.69, 9.17) is 10.5 Å². The highest BCUT2D eigenvalue weighted by Crippen LogP contribution is 2.25. The minimum atomic E-state index is -0.645. The summed E-state index contributed by atoms with van der Waals surface area (Å²) in [5.41, 5.74) is 5.89. The molecule has 7 nitrogen and oxygen atoms in total.